The first-order valence-corrected chi connectivity index (χ1v) is 4.77. The molecule has 0 radical (unpaired) electrons. The molecule has 1 rings (SSSR count). The molecule has 0 heterocycles. The molecule has 0 aliphatic rings. The highest BCUT2D eigenvalue weighted by Crippen LogP contribution is 2.33. The van der Waals surface area contributed by atoms with Gasteiger partial charge in [0.25, 0.3) is 0 Å². The van der Waals surface area contributed by atoms with Crippen molar-refractivity contribution in [3.8, 4) is 0 Å². The lowest BCUT2D eigenvalue weighted by atomic mass is 9.87. The molecule has 0 atom stereocenters. The minimum Gasteiger partial charge on any atom is -0.183 e. The fourth-order valence-corrected chi connectivity index (χ4v) is 1.29. The maximum atomic E-state index is 12.6. The summed E-state index contributed by atoms with van der Waals surface area (Å²) >= 11 is 4.89. The lowest BCUT2D eigenvalue weighted by molar-refractivity contribution is 0.0951. The monoisotopic (exact) mass is 218 g/mol. The van der Waals surface area contributed by atoms with Gasteiger partial charge in [0.1, 0.15) is 0 Å². The molecule has 0 saturated carbocycles. The fraction of sp³-hybridized carbons (Fsp3) is 0.455. The molecule has 1 aromatic rings. The Morgan fingerprint density at radius 1 is 0.929 bits per heavy atom. The average molecular weight is 219 g/mol. The van der Waals surface area contributed by atoms with Crippen LogP contribution >= 0.6 is 11.6 Å². The topological polar surface area (TPSA) is 0 Å². The van der Waals surface area contributed by atoms with E-state index in [4.69, 9.17) is 11.6 Å². The smallest absolute Gasteiger partial charge is 0.183 e. The lowest BCUT2D eigenvalue weighted by Crippen LogP contribution is -2.11. The number of benzene rings is 1. The molecule has 78 valence electrons. The van der Waals surface area contributed by atoms with Crippen molar-refractivity contribution in [2.75, 3.05) is 0 Å². The molecule has 0 N–H and O–H groups in total. The standard InChI is InChI=1S/C11H13ClF2/c1-10(2,3)8-4-6-9(7-5-8)11(12,13)14/h4-7H,1-3H3. The average Bonchev–Trinajstić information content (AvgIpc) is 2.01. The van der Waals surface area contributed by atoms with Crippen molar-refractivity contribution in [3.05, 3.63) is 35.4 Å². The van der Waals surface area contributed by atoms with Crippen molar-refractivity contribution >= 4 is 11.6 Å². The van der Waals surface area contributed by atoms with E-state index in [0.29, 0.717) is 0 Å². The van der Waals surface area contributed by atoms with Crippen molar-refractivity contribution in [3.63, 3.8) is 0 Å². The van der Waals surface area contributed by atoms with Crippen LogP contribution in [0, 0.1) is 0 Å². The van der Waals surface area contributed by atoms with Gasteiger partial charge in [-0.3, -0.25) is 0 Å². The van der Waals surface area contributed by atoms with Crippen LogP contribution in [0.2, 0.25) is 0 Å². The molecule has 0 unspecified atom stereocenters. The maximum absolute atomic E-state index is 12.6. The quantitative estimate of drug-likeness (QED) is 0.618. The van der Waals surface area contributed by atoms with Crippen LogP contribution < -0.4 is 0 Å². The lowest BCUT2D eigenvalue weighted by Gasteiger charge is -2.19. The second-order valence-electron chi connectivity index (χ2n) is 4.33. The molecular formula is C11H13ClF2. The van der Waals surface area contributed by atoms with Gasteiger partial charge in [0.05, 0.1) is 0 Å². The van der Waals surface area contributed by atoms with Gasteiger partial charge in [-0.05, 0) is 22.6 Å². The molecule has 0 aliphatic carbocycles. The third kappa shape index (κ3) is 2.68. The molecule has 0 saturated heterocycles. The highest BCUT2D eigenvalue weighted by molar-refractivity contribution is 6.21. The Hall–Kier alpha value is -0.630. The SMILES string of the molecule is CC(C)(C)c1ccc(C(F)(F)Cl)cc1. The van der Waals surface area contributed by atoms with Crippen LogP contribution in [0.1, 0.15) is 31.9 Å². The van der Waals surface area contributed by atoms with Crippen molar-refractivity contribution in [2.45, 2.75) is 31.6 Å². The molecule has 0 amide bonds. The van der Waals surface area contributed by atoms with E-state index >= 15 is 0 Å². The molecule has 0 fully saturated rings. The molecule has 1 aromatic carbocycles. The first-order chi connectivity index (χ1) is 6.21. The summed E-state index contributed by atoms with van der Waals surface area (Å²) in [6.07, 6.45) is 0. The zero-order valence-corrected chi connectivity index (χ0v) is 9.20. The molecule has 0 nitrogen and oxygen atoms in total. The third-order valence-electron chi connectivity index (χ3n) is 2.08. The minimum atomic E-state index is -3.27. The Morgan fingerprint density at radius 2 is 1.29 bits per heavy atom. The predicted octanol–water partition coefficient (Wildman–Crippen LogP) is 4.27. The predicted molar refractivity (Wildman–Crippen MR) is 54.9 cm³/mol. The van der Waals surface area contributed by atoms with E-state index in [0.717, 1.165) is 5.56 Å². The Kier molecular flexibility index (Phi) is 2.86. The van der Waals surface area contributed by atoms with Crippen molar-refractivity contribution in [1.29, 1.82) is 0 Å². The Labute approximate surface area is 87.9 Å². The van der Waals surface area contributed by atoms with Gasteiger partial charge in [-0.15, -0.1) is 0 Å². The van der Waals surface area contributed by atoms with E-state index in [1.807, 2.05) is 20.8 Å². The largest absolute Gasteiger partial charge is 0.348 e. The van der Waals surface area contributed by atoms with E-state index in [1.54, 1.807) is 12.1 Å². The number of hydrogen-bond acceptors (Lipinski definition) is 0. The van der Waals surface area contributed by atoms with Crippen molar-refractivity contribution in [2.24, 2.45) is 0 Å². The summed E-state index contributed by atoms with van der Waals surface area (Å²) < 4.78 is 25.3. The minimum absolute atomic E-state index is 0.0277. The zero-order chi connectivity index (χ0) is 11.0. The summed E-state index contributed by atoms with van der Waals surface area (Å²) in [6.45, 7) is 6.09. The Balaban J connectivity index is 3.02. The van der Waals surface area contributed by atoms with Crippen LogP contribution in [-0.4, -0.2) is 0 Å². The number of halogens is 3. The van der Waals surface area contributed by atoms with E-state index in [9.17, 15) is 8.78 Å². The van der Waals surface area contributed by atoms with Gasteiger partial charge in [0.2, 0.25) is 0 Å². The summed E-state index contributed by atoms with van der Waals surface area (Å²) in [5.74, 6) is 0. The molecule has 14 heavy (non-hydrogen) atoms. The summed E-state index contributed by atoms with van der Waals surface area (Å²) in [6, 6.07) is 6.11. The van der Waals surface area contributed by atoms with Gasteiger partial charge in [0, 0.05) is 5.56 Å². The van der Waals surface area contributed by atoms with Crippen LogP contribution in [0.4, 0.5) is 8.78 Å². The van der Waals surface area contributed by atoms with Gasteiger partial charge in [0.15, 0.2) is 0 Å². The number of alkyl halides is 3. The summed E-state index contributed by atoms with van der Waals surface area (Å²) in [5.41, 5.74) is 0.828. The van der Waals surface area contributed by atoms with E-state index in [-0.39, 0.29) is 11.0 Å². The summed E-state index contributed by atoms with van der Waals surface area (Å²) in [4.78, 5) is 0. The second-order valence-corrected chi connectivity index (χ2v) is 4.80. The number of rotatable bonds is 1. The van der Waals surface area contributed by atoms with Crippen LogP contribution in [0.3, 0.4) is 0 Å². The van der Waals surface area contributed by atoms with Crippen LogP contribution in [0.5, 0.6) is 0 Å². The normalized spacial score (nSPS) is 13.0. The second kappa shape index (κ2) is 3.50. The first-order valence-electron chi connectivity index (χ1n) is 4.39. The van der Waals surface area contributed by atoms with E-state index in [2.05, 4.69) is 0 Å². The Morgan fingerprint density at radius 3 is 1.57 bits per heavy atom. The van der Waals surface area contributed by atoms with Gasteiger partial charge >= 0.3 is 5.38 Å². The van der Waals surface area contributed by atoms with Crippen LogP contribution in [0.25, 0.3) is 0 Å². The highest BCUT2D eigenvalue weighted by atomic mass is 35.5. The number of hydrogen-bond donors (Lipinski definition) is 0. The van der Waals surface area contributed by atoms with E-state index < -0.39 is 5.38 Å². The van der Waals surface area contributed by atoms with Crippen molar-refractivity contribution in [1.82, 2.24) is 0 Å². The highest BCUT2D eigenvalue weighted by Gasteiger charge is 2.27. The van der Waals surface area contributed by atoms with Gasteiger partial charge in [-0.25, -0.2) is 0 Å². The van der Waals surface area contributed by atoms with E-state index in [1.165, 1.54) is 12.1 Å². The molecule has 0 aromatic heterocycles. The van der Waals surface area contributed by atoms with Gasteiger partial charge < -0.3 is 0 Å². The Bertz CT molecular complexity index is 271. The molecule has 3 heteroatoms. The first kappa shape index (κ1) is 11.4. The van der Waals surface area contributed by atoms with Gasteiger partial charge in [-0.2, -0.15) is 8.78 Å². The summed E-state index contributed by atoms with van der Waals surface area (Å²) in [7, 11) is 0. The zero-order valence-electron chi connectivity index (χ0n) is 8.44. The molecule has 0 bridgehead atoms. The molecule has 0 spiro atoms. The molecule has 0 aliphatic heterocycles. The third-order valence-corrected chi connectivity index (χ3v) is 2.30. The fourth-order valence-electron chi connectivity index (χ4n) is 1.16. The maximum Gasteiger partial charge on any atom is 0.348 e. The molecular weight excluding hydrogens is 206 g/mol. The van der Waals surface area contributed by atoms with Gasteiger partial charge in [-0.1, -0.05) is 45.0 Å². The summed E-state index contributed by atoms with van der Waals surface area (Å²) in [5, 5.41) is -3.27. The van der Waals surface area contributed by atoms with Crippen molar-refractivity contribution < 1.29 is 8.78 Å². The van der Waals surface area contributed by atoms with Crippen LogP contribution in [-0.2, 0) is 10.8 Å². The van der Waals surface area contributed by atoms with Crippen LogP contribution in [0.15, 0.2) is 24.3 Å².